The van der Waals surface area contributed by atoms with Crippen molar-refractivity contribution in [3.05, 3.63) is 53.6 Å². The van der Waals surface area contributed by atoms with E-state index in [-0.39, 0.29) is 18.4 Å². The minimum Gasteiger partial charge on any atom is -0.390 e. The van der Waals surface area contributed by atoms with Crippen LogP contribution in [0.15, 0.2) is 48.1 Å². The number of thioether (sulfide) groups is 1. The van der Waals surface area contributed by atoms with E-state index < -0.39 is 69.0 Å². The zero-order chi connectivity index (χ0) is 27.3. The highest BCUT2D eigenvalue weighted by Crippen LogP contribution is 2.73. The largest absolute Gasteiger partial charge is 0.390 e. The number of anilines is 1. The first kappa shape index (κ1) is 26.1. The van der Waals surface area contributed by atoms with Crippen molar-refractivity contribution in [3.8, 4) is 0 Å². The Morgan fingerprint density at radius 1 is 1.26 bits per heavy atom. The van der Waals surface area contributed by atoms with Gasteiger partial charge in [-0.2, -0.15) is 0 Å². The highest BCUT2D eigenvalue weighted by Gasteiger charge is 2.79. The Hall–Kier alpha value is -2.10. The average molecular weight is 548 g/mol. The summed E-state index contributed by atoms with van der Waals surface area (Å²) in [6, 6.07) is 6.71. The quantitative estimate of drug-likeness (QED) is 0.560. The van der Waals surface area contributed by atoms with E-state index in [2.05, 4.69) is 0 Å². The lowest BCUT2D eigenvalue weighted by Crippen LogP contribution is -2.70. The van der Waals surface area contributed by atoms with Crippen molar-refractivity contribution in [2.75, 3.05) is 17.6 Å². The molecule has 1 aromatic rings. The van der Waals surface area contributed by atoms with Crippen LogP contribution in [0.4, 0.5) is 18.9 Å². The number of nitrogens with zero attached hydrogens (tertiary/aromatic N) is 1. The number of allylic oxidation sites excluding steroid dienone is 4. The second-order valence-corrected chi connectivity index (χ2v) is 12.9. The third kappa shape index (κ3) is 3.09. The summed E-state index contributed by atoms with van der Waals surface area (Å²) in [5.41, 5.74) is -4.48. The summed E-state index contributed by atoms with van der Waals surface area (Å²) in [6.45, 7) is 5.66. The molecule has 0 unspecified atom stereocenters. The van der Waals surface area contributed by atoms with Gasteiger partial charge in [-0.05, 0) is 74.4 Å². The third-order valence-electron chi connectivity index (χ3n) is 10.4. The van der Waals surface area contributed by atoms with E-state index in [1.807, 2.05) is 38.1 Å². The number of benzene rings is 1. The fourth-order valence-corrected chi connectivity index (χ4v) is 9.43. The van der Waals surface area contributed by atoms with Gasteiger partial charge < -0.3 is 5.11 Å². The van der Waals surface area contributed by atoms with E-state index in [4.69, 9.17) is 4.84 Å². The molecule has 0 spiro atoms. The molecular weight excluding hydrogens is 515 g/mol. The van der Waals surface area contributed by atoms with Gasteiger partial charge in [0, 0.05) is 22.7 Å². The van der Waals surface area contributed by atoms with Gasteiger partial charge in [-0.15, -0.1) is 0 Å². The zero-order valence-electron chi connectivity index (χ0n) is 21.6. The molecule has 5 nitrogen and oxygen atoms in total. The van der Waals surface area contributed by atoms with Gasteiger partial charge in [-0.25, -0.2) is 13.2 Å². The van der Waals surface area contributed by atoms with Crippen LogP contribution in [0.2, 0.25) is 0 Å². The number of rotatable bonds is 3. The third-order valence-corrected chi connectivity index (χ3v) is 11.1. The molecule has 1 heterocycles. The van der Waals surface area contributed by atoms with Crippen molar-refractivity contribution in [1.82, 2.24) is 0 Å². The summed E-state index contributed by atoms with van der Waals surface area (Å²) in [4.78, 5) is 32.3. The number of alkyl halides is 3. The Balaban J connectivity index is 1.45. The summed E-state index contributed by atoms with van der Waals surface area (Å²) >= 11 is 0.534. The predicted octanol–water partition coefficient (Wildman–Crippen LogP) is 5.22. The Kier molecular flexibility index (Phi) is 5.81. The minimum absolute atomic E-state index is 0.0604. The van der Waals surface area contributed by atoms with E-state index in [0.29, 0.717) is 24.7 Å². The van der Waals surface area contributed by atoms with Gasteiger partial charge in [0.15, 0.2) is 17.1 Å². The number of carbonyl (C=O) groups excluding carboxylic acids is 2. The Morgan fingerprint density at radius 3 is 2.74 bits per heavy atom. The van der Waals surface area contributed by atoms with Crippen molar-refractivity contribution < 1.29 is 32.7 Å². The minimum atomic E-state index is -2.24. The maximum absolute atomic E-state index is 17.5. The van der Waals surface area contributed by atoms with Crippen LogP contribution in [0.3, 0.4) is 0 Å². The molecule has 1 N–H and O–H groups in total. The lowest BCUT2D eigenvalue weighted by molar-refractivity contribution is -0.225. The van der Waals surface area contributed by atoms with Crippen molar-refractivity contribution in [2.45, 2.75) is 63.6 Å². The van der Waals surface area contributed by atoms with Gasteiger partial charge in [0.05, 0.1) is 18.3 Å². The fourth-order valence-electron chi connectivity index (χ4n) is 8.68. The van der Waals surface area contributed by atoms with E-state index in [1.165, 1.54) is 12.2 Å². The molecule has 1 saturated heterocycles. The van der Waals surface area contributed by atoms with E-state index >= 15 is 8.78 Å². The first-order valence-electron chi connectivity index (χ1n) is 13.1. The first-order valence-corrected chi connectivity index (χ1v) is 14.1. The molecule has 1 aromatic carbocycles. The number of hydrogen-bond acceptors (Lipinski definition) is 6. The van der Waals surface area contributed by atoms with Crippen LogP contribution in [-0.4, -0.2) is 52.1 Å². The summed E-state index contributed by atoms with van der Waals surface area (Å²) in [5.74, 6) is -2.21. The molecule has 6 rings (SSSR count). The van der Waals surface area contributed by atoms with Crippen molar-refractivity contribution in [2.24, 2.45) is 28.6 Å². The van der Waals surface area contributed by atoms with E-state index in [9.17, 15) is 19.1 Å². The summed E-state index contributed by atoms with van der Waals surface area (Å²) < 4.78 is 46.7. The maximum atomic E-state index is 17.5. The lowest BCUT2D eigenvalue weighted by Gasteiger charge is -2.63. The zero-order valence-corrected chi connectivity index (χ0v) is 22.4. The smallest absolute Gasteiger partial charge is 0.226 e. The Labute approximate surface area is 224 Å². The number of aryl methyl sites for hydroxylation is 1. The highest BCUT2D eigenvalue weighted by atomic mass is 32.2. The Morgan fingerprint density at radius 2 is 2.03 bits per heavy atom. The monoisotopic (exact) mass is 547 g/mol. The molecule has 0 bridgehead atoms. The molecule has 0 aromatic heterocycles. The molecule has 0 radical (unpaired) electrons. The molecule has 204 valence electrons. The second-order valence-electron chi connectivity index (χ2n) is 12.1. The number of ketones is 1. The first-order chi connectivity index (χ1) is 17.9. The molecular formula is C29H32F3NO4S. The summed E-state index contributed by atoms with van der Waals surface area (Å²) in [5, 5.41) is 12.8. The number of aliphatic hydroxyl groups excluding tert-OH is 1. The normalized spacial score (nSPS) is 45.2. The molecule has 38 heavy (non-hydrogen) atoms. The van der Waals surface area contributed by atoms with Gasteiger partial charge in [0.25, 0.3) is 0 Å². The van der Waals surface area contributed by atoms with Crippen molar-refractivity contribution in [3.63, 3.8) is 0 Å². The van der Waals surface area contributed by atoms with Crippen LogP contribution >= 0.6 is 11.8 Å². The van der Waals surface area contributed by atoms with E-state index in [0.717, 1.165) is 17.3 Å². The molecule has 0 amide bonds. The molecule has 9 heteroatoms. The number of carbonyl (C=O) groups is 2. The van der Waals surface area contributed by atoms with Crippen LogP contribution < -0.4 is 5.06 Å². The predicted molar refractivity (Wildman–Crippen MR) is 138 cm³/mol. The van der Waals surface area contributed by atoms with Gasteiger partial charge in [0.2, 0.25) is 5.12 Å². The average Bonchev–Trinajstić information content (AvgIpc) is 3.36. The highest BCUT2D eigenvalue weighted by molar-refractivity contribution is 8.13. The Bertz CT molecular complexity index is 1270. The maximum Gasteiger partial charge on any atom is 0.226 e. The molecule has 3 saturated carbocycles. The summed E-state index contributed by atoms with van der Waals surface area (Å²) in [6.07, 6.45) is 0.769. The van der Waals surface area contributed by atoms with Crippen molar-refractivity contribution in [1.29, 1.82) is 0 Å². The number of aliphatic hydroxyl groups is 1. The molecule has 5 aliphatic rings. The fraction of sp³-hybridized carbons (Fsp3) is 0.586. The van der Waals surface area contributed by atoms with Gasteiger partial charge in [-0.1, -0.05) is 36.9 Å². The number of fused-ring (bicyclic) bond motifs is 7. The van der Waals surface area contributed by atoms with Gasteiger partial charge in [-0.3, -0.25) is 19.5 Å². The van der Waals surface area contributed by atoms with Crippen LogP contribution in [0.5, 0.6) is 0 Å². The van der Waals surface area contributed by atoms with Crippen LogP contribution in [-0.2, 0) is 14.4 Å². The standard InChI is InChI=1S/C29H32F3NO4S/c1-16-5-4-6-18(9-16)33-14-17-10-20-21-12-23(31)22-11-19(34)7-8-26(22,2)28(21,32)24(35)13-27(20,3)29(17,37-33)25(36)38-15-30/h4-9,11,17,20-21,23-24,35H,10,12-15H2,1-3H3/t17-,20-,21-,23-,24-,26-,27-,28-,29-/m0/s1. The number of hydroxylamine groups is 1. The summed E-state index contributed by atoms with van der Waals surface area (Å²) in [7, 11) is 0. The van der Waals surface area contributed by atoms with E-state index in [1.54, 1.807) is 12.0 Å². The lowest BCUT2D eigenvalue weighted by atomic mass is 9.44. The molecule has 4 fully saturated rings. The van der Waals surface area contributed by atoms with Crippen LogP contribution in [0.1, 0.15) is 38.7 Å². The number of halogens is 3. The topological polar surface area (TPSA) is 66.8 Å². The molecule has 9 atom stereocenters. The SMILES string of the molecule is Cc1cccc(N2C[C@@H]3C[C@H]4[C@@H]5C[C@H](F)C6=CC(=O)C=C[C@]6(C)[C@@]5(F)[C@@H](O)C[C@]4(C)[C@]3(C(=O)SCF)O2)c1. The number of hydrogen-bond donors (Lipinski definition) is 1. The van der Waals surface area contributed by atoms with Gasteiger partial charge in [0.1, 0.15) is 12.2 Å². The second kappa shape index (κ2) is 8.45. The van der Waals surface area contributed by atoms with Crippen LogP contribution in [0, 0.1) is 35.5 Å². The molecule has 4 aliphatic carbocycles. The van der Waals surface area contributed by atoms with Gasteiger partial charge >= 0.3 is 0 Å². The molecule has 1 aliphatic heterocycles. The van der Waals surface area contributed by atoms with Crippen LogP contribution in [0.25, 0.3) is 0 Å². The van der Waals surface area contributed by atoms with Crippen molar-refractivity contribution >= 4 is 28.3 Å².